The number of nitriles is 1. The van der Waals surface area contributed by atoms with Crippen LogP contribution in [0.2, 0.25) is 5.02 Å². The van der Waals surface area contributed by atoms with Gasteiger partial charge < -0.3 is 24.3 Å². The van der Waals surface area contributed by atoms with Crippen molar-refractivity contribution in [2.75, 3.05) is 92.2 Å². The van der Waals surface area contributed by atoms with E-state index in [1.165, 1.54) is 0 Å². The number of pyridine rings is 1. The lowest BCUT2D eigenvalue weighted by Crippen LogP contribution is -2.68. The molecule has 6 aliphatic heterocycles. The number of anilines is 4. The summed E-state index contributed by atoms with van der Waals surface area (Å²) in [7, 11) is 1.75. The third kappa shape index (κ3) is 6.82. The number of carbonyl (C=O) groups is 4. The van der Waals surface area contributed by atoms with E-state index in [-0.39, 0.29) is 35.0 Å². The van der Waals surface area contributed by atoms with Gasteiger partial charge in [0.05, 0.1) is 46.7 Å². The summed E-state index contributed by atoms with van der Waals surface area (Å²) in [6, 6.07) is 17.0. The molecule has 15 heteroatoms. The minimum absolute atomic E-state index is 0.0858. The molecule has 0 bridgehead atoms. The normalized spacial score (nSPS) is 24.3. The largest absolute Gasteiger partial charge is 0.373 e. The number of rotatable bonds is 8. The maximum Gasteiger partial charge on any atom is 0.262 e. The number of nitrogens with zero attached hydrogens (tertiary/aromatic N) is 8. The molecule has 2 atom stereocenters. The second-order valence-electron chi connectivity index (χ2n) is 17.0. The van der Waals surface area contributed by atoms with Crippen molar-refractivity contribution < 1.29 is 23.9 Å². The predicted octanol–water partition coefficient (Wildman–Crippen LogP) is 3.92. The van der Waals surface area contributed by atoms with Gasteiger partial charge in [0, 0.05) is 83.3 Å². The third-order valence-electron chi connectivity index (χ3n) is 13.5. The highest BCUT2D eigenvalue weighted by molar-refractivity contribution is 6.32. The molecule has 7 heterocycles. The fraction of sp³-hybridized carbons (Fsp3) is 0.488. The summed E-state index contributed by atoms with van der Waals surface area (Å²) in [4.78, 5) is 68.4. The van der Waals surface area contributed by atoms with Crippen molar-refractivity contribution in [3.63, 3.8) is 0 Å². The molecule has 5 fully saturated rings. The smallest absolute Gasteiger partial charge is 0.262 e. The summed E-state index contributed by atoms with van der Waals surface area (Å²) in [5.74, 6) is -0.985. The van der Waals surface area contributed by atoms with Gasteiger partial charge in [0.1, 0.15) is 23.5 Å². The van der Waals surface area contributed by atoms with E-state index < -0.39 is 29.7 Å². The number of imide groups is 2. The Labute approximate surface area is 343 Å². The van der Waals surface area contributed by atoms with E-state index in [1.54, 1.807) is 19.2 Å². The van der Waals surface area contributed by atoms with Gasteiger partial charge in [0.15, 0.2) is 0 Å². The van der Waals surface area contributed by atoms with Gasteiger partial charge in [-0.15, -0.1) is 0 Å². The summed E-state index contributed by atoms with van der Waals surface area (Å²) in [6.45, 7) is 10.9. The fourth-order valence-electron chi connectivity index (χ4n) is 10.1. The quantitative estimate of drug-likeness (QED) is 0.330. The summed E-state index contributed by atoms with van der Waals surface area (Å²) in [5, 5.41) is 12.1. The molecule has 1 N–H and O–H groups in total. The Morgan fingerprint density at radius 2 is 1.59 bits per heavy atom. The standard InChI is InChI=1S/C43H48ClN9O5/c1-28-21-42(24-52(28)31-4-3-29(22-45)35(44)20-31)11-13-50(14-12-42)37-9-6-32(23-46-37)49-17-15-48(16-18-49)25-43(58-2)26-51(27-43)30-5-7-33-34(19-30)41(57)53(40(33)56)36-8-10-38(54)47-39(36)55/h3-7,9,19-20,23,28,36H,8,10-18,21,24-27H2,1-2H3,(H,47,54,55)/t28-,36?/m0/s1. The summed E-state index contributed by atoms with van der Waals surface area (Å²) in [5.41, 5.74) is 4.03. The zero-order chi connectivity index (χ0) is 40.3. The second kappa shape index (κ2) is 14.9. The van der Waals surface area contributed by atoms with Crippen LogP contribution >= 0.6 is 11.6 Å². The first kappa shape index (κ1) is 38.3. The molecule has 0 aliphatic carbocycles. The number of piperidine rings is 2. The summed E-state index contributed by atoms with van der Waals surface area (Å²) < 4.78 is 6.10. The highest BCUT2D eigenvalue weighted by Gasteiger charge is 2.48. The van der Waals surface area contributed by atoms with Gasteiger partial charge in [0.25, 0.3) is 11.8 Å². The fourth-order valence-corrected chi connectivity index (χ4v) is 10.3. The molecule has 1 unspecified atom stereocenters. The van der Waals surface area contributed by atoms with Crippen molar-refractivity contribution >= 4 is 58.1 Å². The van der Waals surface area contributed by atoms with Crippen LogP contribution in [0.25, 0.3) is 0 Å². The van der Waals surface area contributed by atoms with E-state index in [0.29, 0.717) is 29.7 Å². The Kier molecular flexibility index (Phi) is 9.81. The molecule has 6 aliphatic rings. The zero-order valence-electron chi connectivity index (χ0n) is 33.0. The number of nitrogens with one attached hydrogen (secondary N) is 1. The van der Waals surface area contributed by atoms with Crippen LogP contribution in [0.5, 0.6) is 0 Å². The topological polar surface area (TPSA) is 146 Å². The molecule has 302 valence electrons. The van der Waals surface area contributed by atoms with Crippen LogP contribution in [0.1, 0.15) is 65.3 Å². The van der Waals surface area contributed by atoms with Gasteiger partial charge in [-0.2, -0.15) is 5.26 Å². The number of piperazine rings is 1. The van der Waals surface area contributed by atoms with Crippen LogP contribution in [0.15, 0.2) is 54.7 Å². The van der Waals surface area contributed by atoms with Crippen LogP contribution in [-0.4, -0.2) is 129 Å². The number of carbonyl (C=O) groups excluding carboxylic acids is 4. The first-order valence-corrected chi connectivity index (χ1v) is 20.7. The summed E-state index contributed by atoms with van der Waals surface area (Å²) >= 11 is 6.39. The Hall–Kier alpha value is -5.23. The van der Waals surface area contributed by atoms with Gasteiger partial charge in [-0.3, -0.25) is 34.3 Å². The first-order valence-electron chi connectivity index (χ1n) is 20.3. The third-order valence-corrected chi connectivity index (χ3v) is 13.8. The molecule has 3 aromatic rings. The highest BCUT2D eigenvalue weighted by Crippen LogP contribution is 2.46. The number of ether oxygens (including phenoxy) is 1. The van der Waals surface area contributed by atoms with Gasteiger partial charge in [-0.05, 0) is 86.6 Å². The molecule has 5 saturated heterocycles. The Balaban J connectivity index is 0.750. The number of methoxy groups -OCH3 is 1. The van der Waals surface area contributed by atoms with Crippen molar-refractivity contribution in [1.82, 2.24) is 20.1 Å². The van der Waals surface area contributed by atoms with E-state index in [0.717, 1.165) is 99.4 Å². The SMILES string of the molecule is COC1(CN2CCN(c3ccc(N4CCC5(CC4)C[C@H](C)N(c4ccc(C#N)c(Cl)c4)C5)nc3)CC2)CN(c2ccc3c(c2)C(=O)N(C2CCC(=O)NC2=O)C3=O)C1. The molecule has 58 heavy (non-hydrogen) atoms. The van der Waals surface area contributed by atoms with Crippen LogP contribution in [0.3, 0.4) is 0 Å². The van der Waals surface area contributed by atoms with Crippen molar-refractivity contribution in [2.24, 2.45) is 5.41 Å². The maximum atomic E-state index is 13.4. The number of aromatic nitrogens is 1. The van der Waals surface area contributed by atoms with Crippen LogP contribution in [0, 0.1) is 16.7 Å². The summed E-state index contributed by atoms with van der Waals surface area (Å²) in [6.07, 6.45) is 5.61. The van der Waals surface area contributed by atoms with Gasteiger partial charge >= 0.3 is 0 Å². The van der Waals surface area contributed by atoms with Crippen molar-refractivity contribution in [1.29, 1.82) is 5.26 Å². The Morgan fingerprint density at radius 3 is 2.26 bits per heavy atom. The zero-order valence-corrected chi connectivity index (χ0v) is 33.7. The van der Waals surface area contributed by atoms with Crippen LogP contribution in [-0.2, 0) is 14.3 Å². The number of benzene rings is 2. The molecular formula is C43H48ClN9O5. The minimum Gasteiger partial charge on any atom is -0.373 e. The number of amides is 4. The van der Waals surface area contributed by atoms with Crippen molar-refractivity contribution in [2.45, 2.75) is 56.7 Å². The van der Waals surface area contributed by atoms with E-state index >= 15 is 0 Å². The lowest BCUT2D eigenvalue weighted by atomic mass is 9.77. The minimum atomic E-state index is -0.985. The molecule has 0 saturated carbocycles. The molecule has 2 aromatic carbocycles. The lowest BCUT2D eigenvalue weighted by Gasteiger charge is -2.52. The van der Waals surface area contributed by atoms with Crippen molar-refractivity contribution in [3.05, 3.63) is 76.4 Å². The maximum absolute atomic E-state index is 13.4. The Bertz CT molecular complexity index is 2190. The molecular weight excluding hydrogens is 758 g/mol. The monoisotopic (exact) mass is 805 g/mol. The van der Waals surface area contributed by atoms with E-state index in [1.807, 2.05) is 30.5 Å². The van der Waals surface area contributed by atoms with Crippen molar-refractivity contribution in [3.8, 4) is 6.07 Å². The number of halogens is 1. The average molecular weight is 806 g/mol. The van der Waals surface area contributed by atoms with Crippen LogP contribution in [0.4, 0.5) is 22.9 Å². The Morgan fingerprint density at radius 1 is 0.862 bits per heavy atom. The number of hydrogen-bond acceptors (Lipinski definition) is 12. The van der Waals surface area contributed by atoms with E-state index in [4.69, 9.17) is 21.3 Å². The molecule has 4 amide bonds. The first-order chi connectivity index (χ1) is 28.0. The predicted molar refractivity (Wildman–Crippen MR) is 219 cm³/mol. The molecule has 1 spiro atoms. The van der Waals surface area contributed by atoms with E-state index in [9.17, 15) is 24.4 Å². The number of hydrogen-bond donors (Lipinski definition) is 1. The average Bonchev–Trinajstić information content (AvgIpc) is 3.67. The number of fused-ring (bicyclic) bond motifs is 1. The molecule has 9 rings (SSSR count). The molecule has 0 radical (unpaired) electrons. The van der Waals surface area contributed by atoms with Gasteiger partial charge in [0.2, 0.25) is 11.8 Å². The highest BCUT2D eigenvalue weighted by atomic mass is 35.5. The molecule has 1 aromatic heterocycles. The molecule has 14 nitrogen and oxygen atoms in total. The second-order valence-corrected chi connectivity index (χ2v) is 17.4. The van der Waals surface area contributed by atoms with Crippen LogP contribution < -0.4 is 24.9 Å². The van der Waals surface area contributed by atoms with E-state index in [2.05, 4.69) is 54.9 Å². The van der Waals surface area contributed by atoms with Gasteiger partial charge in [-0.25, -0.2) is 4.98 Å². The lowest BCUT2D eigenvalue weighted by molar-refractivity contribution is -0.136. The van der Waals surface area contributed by atoms with Gasteiger partial charge in [-0.1, -0.05) is 11.6 Å².